The summed E-state index contributed by atoms with van der Waals surface area (Å²) < 4.78 is 2.12. The molecule has 3 aromatic heterocycles. The normalized spacial score (nSPS) is 16.0. The van der Waals surface area contributed by atoms with E-state index >= 15 is 0 Å². The molecule has 1 aliphatic heterocycles. The summed E-state index contributed by atoms with van der Waals surface area (Å²) in [6, 6.07) is 10.1. The lowest BCUT2D eigenvalue weighted by molar-refractivity contribution is -0.133. The van der Waals surface area contributed by atoms with Gasteiger partial charge in [0.15, 0.2) is 5.13 Å². The number of aromatic nitrogens is 5. The zero-order valence-corrected chi connectivity index (χ0v) is 22.9. The highest BCUT2D eigenvalue weighted by atomic mass is 32.1. The van der Waals surface area contributed by atoms with Gasteiger partial charge in [-0.05, 0) is 57.1 Å². The van der Waals surface area contributed by atoms with Crippen LogP contribution in [0.25, 0.3) is 11.0 Å². The van der Waals surface area contributed by atoms with Crippen LogP contribution < -0.4 is 5.32 Å². The Morgan fingerprint density at radius 3 is 2.81 bits per heavy atom. The van der Waals surface area contributed by atoms with Gasteiger partial charge in [0.05, 0.1) is 11.0 Å². The van der Waals surface area contributed by atoms with E-state index in [0.29, 0.717) is 18.4 Å². The number of carbonyl (C=O) groups is 1. The number of carbonyl (C=O) groups excluding carboxylic acids is 1. The number of hydrogen-bond donors (Lipinski definition) is 1. The summed E-state index contributed by atoms with van der Waals surface area (Å²) in [5.74, 6) is 3.51. The van der Waals surface area contributed by atoms with E-state index in [9.17, 15) is 4.79 Å². The molecule has 1 unspecified atom stereocenters. The number of rotatable bonds is 8. The van der Waals surface area contributed by atoms with E-state index in [2.05, 4.69) is 39.8 Å². The van der Waals surface area contributed by atoms with Crippen LogP contribution in [0.2, 0.25) is 0 Å². The van der Waals surface area contributed by atoms with Crippen molar-refractivity contribution in [3.63, 3.8) is 0 Å². The van der Waals surface area contributed by atoms with Gasteiger partial charge in [0, 0.05) is 42.3 Å². The highest BCUT2D eigenvalue weighted by Gasteiger charge is 2.26. The Morgan fingerprint density at radius 1 is 1.19 bits per heavy atom. The van der Waals surface area contributed by atoms with E-state index in [1.807, 2.05) is 49.2 Å². The van der Waals surface area contributed by atoms with Crippen LogP contribution in [0, 0.1) is 25.7 Å². The number of anilines is 2. The van der Waals surface area contributed by atoms with Gasteiger partial charge in [0.2, 0.25) is 5.91 Å². The van der Waals surface area contributed by atoms with E-state index in [0.717, 1.165) is 83.0 Å². The maximum absolute atomic E-state index is 13.5. The number of likely N-dealkylation sites (tertiary alicyclic amines) is 1. The highest BCUT2D eigenvalue weighted by Crippen LogP contribution is 2.25. The second kappa shape index (κ2) is 11.0. The van der Waals surface area contributed by atoms with E-state index in [1.54, 1.807) is 11.3 Å². The maximum atomic E-state index is 13.5. The summed E-state index contributed by atoms with van der Waals surface area (Å²) in [4.78, 5) is 35.1. The molecule has 1 saturated heterocycles. The lowest BCUT2D eigenvalue weighted by Crippen LogP contribution is -2.42. The number of nitrogens with zero attached hydrogens (tertiary/aromatic N) is 6. The summed E-state index contributed by atoms with van der Waals surface area (Å²) in [5, 5.41) is 4.14. The molecule has 5 rings (SSSR count). The Morgan fingerprint density at radius 2 is 2.03 bits per heavy atom. The molecule has 194 valence electrons. The van der Waals surface area contributed by atoms with Crippen molar-refractivity contribution in [1.29, 1.82) is 0 Å². The fourth-order valence-electron chi connectivity index (χ4n) is 5.13. The molecule has 4 aromatic rings. The maximum Gasteiger partial charge on any atom is 0.242 e. The minimum Gasteiger partial charge on any atom is -0.341 e. The largest absolute Gasteiger partial charge is 0.341 e. The molecule has 4 heterocycles. The van der Waals surface area contributed by atoms with E-state index in [4.69, 9.17) is 9.97 Å². The number of fused-ring (bicyclic) bond motifs is 1. The van der Waals surface area contributed by atoms with Crippen LogP contribution in [-0.2, 0) is 24.2 Å². The summed E-state index contributed by atoms with van der Waals surface area (Å²) >= 11 is 1.61. The van der Waals surface area contributed by atoms with Gasteiger partial charge in [0.25, 0.3) is 0 Å². The minimum atomic E-state index is 0.165. The number of aryl methyl sites for hydroxylation is 2. The third-order valence-electron chi connectivity index (χ3n) is 6.73. The first kappa shape index (κ1) is 25.3. The predicted octanol–water partition coefficient (Wildman–Crippen LogP) is 5.32. The van der Waals surface area contributed by atoms with E-state index < -0.39 is 0 Å². The van der Waals surface area contributed by atoms with Crippen molar-refractivity contribution in [1.82, 2.24) is 29.4 Å². The van der Waals surface area contributed by atoms with Crippen LogP contribution in [0.5, 0.6) is 0 Å². The standard InChI is InChI=1S/C28H35N7OS/c1-18(2)12-26-32-23-9-5-6-10-24(23)35(26)17-27(36)34-11-7-8-21(16-34)13-22-14-25(31-20(4)30-22)33-28-29-15-19(3)37-28/h5-6,9-10,14-15,18,21H,7-8,11-13,16-17H2,1-4H3,(H,29,30,31,33). The number of para-hydroxylation sites is 2. The summed E-state index contributed by atoms with van der Waals surface area (Å²) in [6.07, 6.45) is 5.63. The van der Waals surface area contributed by atoms with Gasteiger partial charge in [-0.25, -0.2) is 19.9 Å². The Bertz CT molecular complexity index is 1390. The van der Waals surface area contributed by atoms with Crippen molar-refractivity contribution in [3.8, 4) is 0 Å². The first-order valence-electron chi connectivity index (χ1n) is 13.1. The molecule has 1 N–H and O–H groups in total. The van der Waals surface area contributed by atoms with Gasteiger partial charge in [-0.1, -0.05) is 26.0 Å². The summed E-state index contributed by atoms with van der Waals surface area (Å²) in [7, 11) is 0. The van der Waals surface area contributed by atoms with Crippen molar-refractivity contribution < 1.29 is 4.79 Å². The molecular formula is C28H35N7OS. The molecule has 0 bridgehead atoms. The molecule has 0 saturated carbocycles. The topological polar surface area (TPSA) is 88.8 Å². The molecule has 1 amide bonds. The molecular weight excluding hydrogens is 482 g/mol. The number of thiazole rings is 1. The second-order valence-corrected chi connectivity index (χ2v) is 11.7. The lowest BCUT2D eigenvalue weighted by atomic mass is 9.93. The second-order valence-electron chi connectivity index (χ2n) is 10.4. The molecule has 37 heavy (non-hydrogen) atoms. The third kappa shape index (κ3) is 6.15. The van der Waals surface area contributed by atoms with Gasteiger partial charge < -0.3 is 14.8 Å². The van der Waals surface area contributed by atoms with Gasteiger partial charge in [-0.15, -0.1) is 11.3 Å². The quantitative estimate of drug-likeness (QED) is 0.340. The number of piperidine rings is 1. The van der Waals surface area contributed by atoms with Crippen LogP contribution in [0.4, 0.5) is 10.9 Å². The first-order chi connectivity index (χ1) is 17.8. The van der Waals surface area contributed by atoms with Crippen molar-refractivity contribution in [2.75, 3.05) is 18.4 Å². The van der Waals surface area contributed by atoms with Gasteiger partial charge in [0.1, 0.15) is 24.0 Å². The minimum absolute atomic E-state index is 0.165. The monoisotopic (exact) mass is 517 g/mol. The zero-order valence-electron chi connectivity index (χ0n) is 22.1. The Hall–Kier alpha value is -3.33. The van der Waals surface area contributed by atoms with Crippen LogP contribution in [0.15, 0.2) is 36.5 Å². The number of nitrogens with one attached hydrogen (secondary N) is 1. The molecule has 1 aliphatic rings. The van der Waals surface area contributed by atoms with Crippen LogP contribution in [-0.4, -0.2) is 48.4 Å². The molecule has 0 aliphatic carbocycles. The fourth-order valence-corrected chi connectivity index (χ4v) is 5.80. The van der Waals surface area contributed by atoms with Crippen LogP contribution in [0.1, 0.15) is 48.9 Å². The van der Waals surface area contributed by atoms with Crippen molar-refractivity contribution in [2.24, 2.45) is 11.8 Å². The van der Waals surface area contributed by atoms with Crippen LogP contribution >= 0.6 is 11.3 Å². The zero-order chi connectivity index (χ0) is 25.9. The molecule has 1 fully saturated rings. The number of amides is 1. The SMILES string of the molecule is Cc1nc(CC2CCCN(C(=O)Cn3c(CC(C)C)nc4ccccc43)C2)cc(Nc2ncc(C)s2)n1. The molecule has 0 spiro atoms. The van der Waals surface area contributed by atoms with Crippen molar-refractivity contribution in [2.45, 2.75) is 59.9 Å². The van der Waals surface area contributed by atoms with Crippen LogP contribution in [0.3, 0.4) is 0 Å². The Kier molecular flexibility index (Phi) is 7.50. The predicted molar refractivity (Wildman–Crippen MR) is 148 cm³/mol. The molecule has 8 nitrogen and oxygen atoms in total. The average Bonchev–Trinajstić information content (AvgIpc) is 3.41. The third-order valence-corrected chi connectivity index (χ3v) is 7.56. The summed E-state index contributed by atoms with van der Waals surface area (Å²) in [5.41, 5.74) is 2.99. The highest BCUT2D eigenvalue weighted by molar-refractivity contribution is 7.15. The van der Waals surface area contributed by atoms with Gasteiger partial charge in [-0.2, -0.15) is 0 Å². The van der Waals surface area contributed by atoms with E-state index in [-0.39, 0.29) is 5.91 Å². The fraction of sp³-hybridized carbons (Fsp3) is 0.464. The molecule has 1 atom stereocenters. The number of imidazole rings is 1. The first-order valence-corrected chi connectivity index (χ1v) is 13.9. The Balaban J connectivity index is 1.27. The van der Waals surface area contributed by atoms with Crippen molar-refractivity contribution >= 4 is 39.2 Å². The van der Waals surface area contributed by atoms with Gasteiger partial charge in [-0.3, -0.25) is 4.79 Å². The van der Waals surface area contributed by atoms with Crippen molar-refractivity contribution in [3.05, 3.63) is 58.7 Å². The molecule has 9 heteroatoms. The smallest absolute Gasteiger partial charge is 0.242 e. The van der Waals surface area contributed by atoms with Gasteiger partial charge >= 0.3 is 0 Å². The average molecular weight is 518 g/mol. The number of hydrogen-bond acceptors (Lipinski definition) is 7. The summed E-state index contributed by atoms with van der Waals surface area (Å²) in [6.45, 7) is 10.2. The molecule has 1 aromatic carbocycles. The van der Waals surface area contributed by atoms with E-state index in [1.165, 1.54) is 0 Å². The lowest BCUT2D eigenvalue weighted by Gasteiger charge is -2.33. The molecule has 0 radical (unpaired) electrons. The Labute approximate surface area is 222 Å². The number of benzene rings is 1.